The van der Waals surface area contributed by atoms with Crippen molar-refractivity contribution in [3.8, 4) is 22.5 Å². The Morgan fingerprint density at radius 2 is 2.00 bits per heavy atom. The predicted octanol–water partition coefficient (Wildman–Crippen LogP) is 7.63. The van der Waals surface area contributed by atoms with Crippen LogP contribution in [-0.4, -0.2) is 50.6 Å². The van der Waals surface area contributed by atoms with Gasteiger partial charge in [0.25, 0.3) is 5.92 Å². The minimum atomic E-state index is -2.61. The van der Waals surface area contributed by atoms with E-state index in [1.807, 2.05) is 49.5 Å². The highest BCUT2D eigenvalue weighted by molar-refractivity contribution is 6.01. The fourth-order valence-electron chi connectivity index (χ4n) is 5.36. The van der Waals surface area contributed by atoms with Crippen LogP contribution in [-0.2, 0) is 0 Å². The lowest BCUT2D eigenvalue weighted by molar-refractivity contribution is 0.0131. The number of allylic oxidation sites excluding steroid dienone is 3. The van der Waals surface area contributed by atoms with Gasteiger partial charge in [-0.3, -0.25) is 15.0 Å². The molecule has 0 aliphatic carbocycles. The van der Waals surface area contributed by atoms with Crippen LogP contribution < -0.4 is 0 Å². The summed E-state index contributed by atoms with van der Waals surface area (Å²) in [5, 5.41) is 9.91. The van der Waals surface area contributed by atoms with Gasteiger partial charge >= 0.3 is 0 Å². The smallest absolute Gasteiger partial charge is 0.261 e. The molecule has 1 aliphatic rings. The average Bonchev–Trinajstić information content (AvgIpc) is 3.66. The van der Waals surface area contributed by atoms with Crippen LogP contribution in [0.3, 0.4) is 0 Å². The van der Waals surface area contributed by atoms with Crippen LogP contribution in [0.15, 0.2) is 97.4 Å². The predicted molar refractivity (Wildman–Crippen MR) is 155 cm³/mol. The molecule has 4 heterocycles. The first-order chi connectivity index (χ1) is 18.9. The van der Waals surface area contributed by atoms with E-state index in [1.165, 1.54) is 0 Å². The molecule has 0 bridgehead atoms. The van der Waals surface area contributed by atoms with Gasteiger partial charge in [-0.15, -0.1) is 0 Å². The van der Waals surface area contributed by atoms with E-state index >= 15 is 0 Å². The summed E-state index contributed by atoms with van der Waals surface area (Å²) >= 11 is 0. The maximum Gasteiger partial charge on any atom is 0.261 e. The van der Waals surface area contributed by atoms with Crippen LogP contribution in [0.25, 0.3) is 49.9 Å². The van der Waals surface area contributed by atoms with Gasteiger partial charge in [-0.25, -0.2) is 8.78 Å². The third kappa shape index (κ3) is 4.93. The van der Waals surface area contributed by atoms with Crippen molar-refractivity contribution in [3.63, 3.8) is 0 Å². The van der Waals surface area contributed by atoms with Crippen molar-refractivity contribution in [3.05, 3.63) is 103 Å². The molecule has 0 atom stereocenters. The van der Waals surface area contributed by atoms with Crippen molar-refractivity contribution in [2.24, 2.45) is 0 Å². The van der Waals surface area contributed by atoms with Gasteiger partial charge in [-0.05, 0) is 59.5 Å². The molecule has 5 aromatic rings. The summed E-state index contributed by atoms with van der Waals surface area (Å²) in [6.07, 6.45) is 9.38. The molecule has 196 valence electrons. The zero-order valence-electron chi connectivity index (χ0n) is 21.7. The summed E-state index contributed by atoms with van der Waals surface area (Å²) in [6, 6.07) is 18.5. The van der Waals surface area contributed by atoms with Gasteiger partial charge in [0.15, 0.2) is 0 Å². The van der Waals surface area contributed by atoms with E-state index < -0.39 is 5.92 Å². The number of benzene rings is 2. The number of H-pyrrole nitrogens is 2. The average molecular weight is 522 g/mol. The lowest BCUT2D eigenvalue weighted by Gasteiger charge is -2.16. The number of aromatic amines is 2. The molecule has 0 unspecified atom stereocenters. The summed E-state index contributed by atoms with van der Waals surface area (Å²) in [5.74, 6) is -2.61. The number of aromatic nitrogens is 4. The molecular weight excluding hydrogens is 492 g/mol. The van der Waals surface area contributed by atoms with Crippen LogP contribution in [0.5, 0.6) is 0 Å². The monoisotopic (exact) mass is 521 g/mol. The van der Waals surface area contributed by atoms with Gasteiger partial charge in [-0.1, -0.05) is 49.1 Å². The summed E-state index contributed by atoms with van der Waals surface area (Å²) in [6.45, 7) is 6.54. The molecule has 7 heteroatoms. The Kier molecular flexibility index (Phi) is 6.45. The van der Waals surface area contributed by atoms with E-state index in [4.69, 9.17) is 0 Å². The van der Waals surface area contributed by atoms with Gasteiger partial charge in [0, 0.05) is 53.8 Å². The summed E-state index contributed by atoms with van der Waals surface area (Å²) in [4.78, 5) is 9.61. The number of pyridine rings is 1. The van der Waals surface area contributed by atoms with Crippen molar-refractivity contribution in [2.75, 3.05) is 19.6 Å². The Morgan fingerprint density at radius 1 is 1.10 bits per heavy atom. The SMILES string of the molecule is C=C/C(=C\C(=C/C)c1ccc2[nH]nc(-c3cc4c(-c5cccnc5)cccc4[nH]3)c2c1)CN1CCC(F)(F)C1. The van der Waals surface area contributed by atoms with Crippen molar-refractivity contribution in [2.45, 2.75) is 19.3 Å². The van der Waals surface area contributed by atoms with Crippen LogP contribution in [0.2, 0.25) is 0 Å². The molecule has 2 N–H and O–H groups in total. The third-order valence-corrected chi connectivity index (χ3v) is 7.36. The zero-order valence-corrected chi connectivity index (χ0v) is 21.7. The van der Waals surface area contributed by atoms with E-state index in [9.17, 15) is 8.78 Å². The zero-order chi connectivity index (χ0) is 27.0. The minimum Gasteiger partial charge on any atom is -0.353 e. The molecule has 2 aromatic carbocycles. The van der Waals surface area contributed by atoms with Gasteiger partial charge in [0.1, 0.15) is 5.69 Å². The number of nitrogens with one attached hydrogen (secondary N) is 2. The van der Waals surface area contributed by atoms with Crippen LogP contribution in [0.4, 0.5) is 8.78 Å². The Bertz CT molecular complexity index is 1730. The molecular formula is C32H29F2N5. The minimum absolute atomic E-state index is 0.0919. The Morgan fingerprint density at radius 3 is 2.74 bits per heavy atom. The third-order valence-electron chi connectivity index (χ3n) is 7.36. The Balaban J connectivity index is 1.35. The standard InChI is InChI=1S/C32H29F2N5/c1-3-21(19-39-14-12-32(33,34)20-39)15-22(4-2)23-10-11-29-27(16-23)31(38-37-29)30-17-26-25(8-5-9-28(26)36-30)24-7-6-13-35-18-24/h3-11,13,15-18,36H,1,12,14,19-20H2,2H3,(H,37,38)/b21-15+,22-4+. The Labute approximate surface area is 225 Å². The van der Waals surface area contributed by atoms with Crippen LogP contribution in [0, 0.1) is 0 Å². The highest BCUT2D eigenvalue weighted by Gasteiger charge is 2.37. The maximum absolute atomic E-state index is 13.7. The number of hydrogen-bond acceptors (Lipinski definition) is 3. The lowest BCUT2D eigenvalue weighted by atomic mass is 9.99. The molecule has 1 fully saturated rings. The lowest BCUT2D eigenvalue weighted by Crippen LogP contribution is -2.26. The highest BCUT2D eigenvalue weighted by atomic mass is 19.3. The molecule has 1 aliphatic heterocycles. The number of likely N-dealkylation sites (tertiary alicyclic amines) is 1. The molecule has 0 saturated carbocycles. The molecule has 0 amide bonds. The van der Waals surface area contributed by atoms with Crippen molar-refractivity contribution in [1.29, 1.82) is 0 Å². The summed E-state index contributed by atoms with van der Waals surface area (Å²) in [5.41, 5.74) is 8.81. The highest BCUT2D eigenvalue weighted by Crippen LogP contribution is 2.35. The Hall–Kier alpha value is -4.36. The van der Waals surface area contributed by atoms with E-state index in [1.54, 1.807) is 17.2 Å². The number of nitrogens with zero attached hydrogens (tertiary/aromatic N) is 3. The van der Waals surface area contributed by atoms with Crippen molar-refractivity contribution in [1.82, 2.24) is 25.1 Å². The van der Waals surface area contributed by atoms with Crippen molar-refractivity contribution < 1.29 is 8.78 Å². The van der Waals surface area contributed by atoms with Crippen LogP contribution >= 0.6 is 0 Å². The van der Waals surface area contributed by atoms with Gasteiger partial charge in [0.2, 0.25) is 0 Å². The molecule has 1 saturated heterocycles. The number of halogens is 2. The summed E-state index contributed by atoms with van der Waals surface area (Å²) in [7, 11) is 0. The molecule has 0 spiro atoms. The largest absolute Gasteiger partial charge is 0.353 e. The second-order valence-corrected chi connectivity index (χ2v) is 10.0. The van der Waals surface area contributed by atoms with Crippen molar-refractivity contribution >= 4 is 27.4 Å². The van der Waals surface area contributed by atoms with E-state index in [2.05, 4.69) is 57.1 Å². The molecule has 6 rings (SSSR count). The first kappa shape index (κ1) is 24.9. The number of rotatable bonds is 7. The fraction of sp³-hybridized carbons (Fsp3) is 0.188. The molecule has 3 aromatic heterocycles. The van der Waals surface area contributed by atoms with Crippen LogP contribution in [0.1, 0.15) is 18.9 Å². The van der Waals surface area contributed by atoms with Gasteiger partial charge in [-0.2, -0.15) is 5.10 Å². The summed E-state index contributed by atoms with van der Waals surface area (Å²) < 4.78 is 27.4. The van der Waals surface area contributed by atoms with Gasteiger partial charge < -0.3 is 4.98 Å². The topological polar surface area (TPSA) is 60.6 Å². The normalized spacial score (nSPS) is 16.4. The fourth-order valence-corrected chi connectivity index (χ4v) is 5.36. The molecule has 0 radical (unpaired) electrons. The van der Waals surface area contributed by atoms with E-state index in [0.717, 1.165) is 61.0 Å². The van der Waals surface area contributed by atoms with E-state index in [0.29, 0.717) is 13.1 Å². The molecule has 39 heavy (non-hydrogen) atoms. The number of alkyl halides is 2. The first-order valence-corrected chi connectivity index (χ1v) is 13.0. The quantitative estimate of drug-likeness (QED) is 0.217. The number of hydrogen-bond donors (Lipinski definition) is 2. The number of fused-ring (bicyclic) bond motifs is 2. The maximum atomic E-state index is 13.7. The second-order valence-electron chi connectivity index (χ2n) is 10.0. The first-order valence-electron chi connectivity index (χ1n) is 13.0. The second kappa shape index (κ2) is 10.1. The van der Waals surface area contributed by atoms with Gasteiger partial charge in [0.05, 0.1) is 17.8 Å². The molecule has 5 nitrogen and oxygen atoms in total. The van der Waals surface area contributed by atoms with E-state index in [-0.39, 0.29) is 13.0 Å².